The van der Waals surface area contributed by atoms with Crippen LogP contribution in [-0.2, 0) is 11.2 Å². The fourth-order valence-electron chi connectivity index (χ4n) is 3.57. The number of aromatic nitrogens is 3. The van der Waals surface area contributed by atoms with Gasteiger partial charge < -0.3 is 9.84 Å². The molecule has 9 nitrogen and oxygen atoms in total. The second kappa shape index (κ2) is 8.46. The first-order valence-corrected chi connectivity index (χ1v) is 10.2. The molecule has 0 unspecified atom stereocenters. The highest BCUT2D eigenvalue weighted by atomic mass is 16.5. The third-order valence-electron chi connectivity index (χ3n) is 5.15. The van der Waals surface area contributed by atoms with Crippen molar-refractivity contribution in [3.63, 3.8) is 0 Å². The van der Waals surface area contributed by atoms with Crippen LogP contribution in [0.2, 0.25) is 0 Å². The van der Waals surface area contributed by atoms with Gasteiger partial charge in [0.1, 0.15) is 0 Å². The van der Waals surface area contributed by atoms with E-state index in [4.69, 9.17) is 4.52 Å². The number of rotatable bonds is 6. The third kappa shape index (κ3) is 3.99. The predicted octanol–water partition coefficient (Wildman–Crippen LogP) is 3.50. The summed E-state index contributed by atoms with van der Waals surface area (Å²) in [5.74, 6) is -0.266. The van der Waals surface area contributed by atoms with Crippen LogP contribution in [0.5, 0.6) is 0 Å². The Labute approximate surface area is 188 Å². The van der Waals surface area contributed by atoms with Crippen LogP contribution >= 0.6 is 0 Å². The zero-order valence-electron chi connectivity index (χ0n) is 17.3. The van der Waals surface area contributed by atoms with Gasteiger partial charge in [0.25, 0.3) is 11.8 Å². The summed E-state index contributed by atoms with van der Waals surface area (Å²) >= 11 is 0. The van der Waals surface area contributed by atoms with Gasteiger partial charge in [0.05, 0.1) is 16.8 Å². The average Bonchev–Trinajstić information content (AvgIpc) is 3.42. The van der Waals surface area contributed by atoms with Crippen LogP contribution in [-0.4, -0.2) is 32.8 Å². The molecule has 0 fully saturated rings. The summed E-state index contributed by atoms with van der Waals surface area (Å²) < 4.78 is 5.22. The number of imide groups is 1. The van der Waals surface area contributed by atoms with Gasteiger partial charge in [-0.1, -0.05) is 23.4 Å². The number of anilines is 2. The monoisotopic (exact) mass is 439 g/mol. The van der Waals surface area contributed by atoms with E-state index in [0.717, 1.165) is 10.5 Å². The van der Waals surface area contributed by atoms with Crippen molar-refractivity contribution in [2.45, 2.75) is 12.8 Å². The summed E-state index contributed by atoms with van der Waals surface area (Å²) in [6.07, 6.45) is 3.65. The Hall–Kier alpha value is -4.66. The molecule has 0 spiro atoms. The lowest BCUT2D eigenvalue weighted by Gasteiger charge is -2.15. The number of hydrogen-bond acceptors (Lipinski definition) is 7. The molecule has 9 heteroatoms. The third-order valence-corrected chi connectivity index (χ3v) is 5.15. The predicted molar refractivity (Wildman–Crippen MR) is 119 cm³/mol. The maximum atomic E-state index is 12.7. The molecule has 0 radical (unpaired) electrons. The summed E-state index contributed by atoms with van der Waals surface area (Å²) in [5.41, 5.74) is 2.36. The van der Waals surface area contributed by atoms with Crippen molar-refractivity contribution < 1.29 is 18.9 Å². The Balaban J connectivity index is 1.23. The lowest BCUT2D eigenvalue weighted by Crippen LogP contribution is -2.29. The van der Waals surface area contributed by atoms with E-state index in [1.807, 2.05) is 0 Å². The first kappa shape index (κ1) is 20.3. The van der Waals surface area contributed by atoms with Gasteiger partial charge in [0, 0.05) is 36.5 Å². The van der Waals surface area contributed by atoms with E-state index in [9.17, 15) is 14.4 Å². The summed E-state index contributed by atoms with van der Waals surface area (Å²) in [6.45, 7) is 0. The molecule has 0 bridgehead atoms. The fraction of sp³-hybridized carbons (Fsp3) is 0.0833. The Morgan fingerprint density at radius 3 is 2.39 bits per heavy atom. The van der Waals surface area contributed by atoms with E-state index in [1.54, 1.807) is 73.1 Å². The second-order valence-corrected chi connectivity index (χ2v) is 7.34. The molecule has 0 atom stereocenters. The standard InChI is InChI=1S/C24H17N5O4/c30-20(8-9-21-27-22(28-33-21)15-10-12-25-13-11-15)26-16-4-3-5-17(14-16)29-23(31)18-6-1-2-7-19(18)24(29)32/h1-7,10-14H,8-9H2,(H,26,30). The Morgan fingerprint density at radius 1 is 0.939 bits per heavy atom. The van der Waals surface area contributed by atoms with E-state index in [2.05, 4.69) is 20.4 Å². The average molecular weight is 439 g/mol. The molecule has 5 rings (SSSR count). The molecule has 3 amide bonds. The second-order valence-electron chi connectivity index (χ2n) is 7.34. The minimum Gasteiger partial charge on any atom is -0.339 e. The van der Waals surface area contributed by atoms with E-state index in [1.165, 1.54) is 0 Å². The van der Waals surface area contributed by atoms with Gasteiger partial charge in [-0.3, -0.25) is 19.4 Å². The number of nitrogens with one attached hydrogen (secondary N) is 1. The first-order valence-electron chi connectivity index (χ1n) is 10.2. The Kier molecular flexibility index (Phi) is 5.19. The van der Waals surface area contributed by atoms with Gasteiger partial charge in [-0.25, -0.2) is 4.90 Å². The number of amides is 3. The number of aryl methyl sites for hydroxylation is 1. The highest BCUT2D eigenvalue weighted by molar-refractivity contribution is 6.34. The van der Waals surface area contributed by atoms with Crippen LogP contribution in [0, 0.1) is 0 Å². The van der Waals surface area contributed by atoms with Crippen LogP contribution in [0.25, 0.3) is 11.4 Å². The van der Waals surface area contributed by atoms with Gasteiger partial charge >= 0.3 is 0 Å². The van der Waals surface area contributed by atoms with Crippen LogP contribution < -0.4 is 10.2 Å². The molecular formula is C24H17N5O4. The molecule has 2 aromatic carbocycles. The SMILES string of the molecule is O=C(CCc1nc(-c2ccncc2)no1)Nc1cccc(N2C(=O)c3ccccc3C2=O)c1. The topological polar surface area (TPSA) is 118 Å². The van der Waals surface area contributed by atoms with E-state index >= 15 is 0 Å². The van der Waals surface area contributed by atoms with Crippen LogP contribution in [0.3, 0.4) is 0 Å². The van der Waals surface area contributed by atoms with Gasteiger partial charge in [-0.15, -0.1) is 0 Å². The molecule has 162 valence electrons. The van der Waals surface area contributed by atoms with Gasteiger partial charge in [-0.2, -0.15) is 4.98 Å². The molecule has 1 aliphatic heterocycles. The smallest absolute Gasteiger partial charge is 0.266 e. The highest BCUT2D eigenvalue weighted by Gasteiger charge is 2.36. The molecule has 0 aliphatic carbocycles. The number of pyridine rings is 1. The molecule has 2 aromatic heterocycles. The summed E-state index contributed by atoms with van der Waals surface area (Å²) in [5, 5.41) is 6.70. The molecule has 33 heavy (non-hydrogen) atoms. The fourth-order valence-corrected chi connectivity index (χ4v) is 3.57. The maximum absolute atomic E-state index is 12.7. The minimum atomic E-state index is -0.388. The van der Waals surface area contributed by atoms with Crippen molar-refractivity contribution in [3.05, 3.63) is 90.1 Å². The van der Waals surface area contributed by atoms with Crippen LogP contribution in [0.1, 0.15) is 33.0 Å². The normalized spacial score (nSPS) is 12.7. The number of nitrogens with zero attached hydrogens (tertiary/aromatic N) is 4. The lowest BCUT2D eigenvalue weighted by atomic mass is 10.1. The summed E-state index contributed by atoms with van der Waals surface area (Å²) in [7, 11) is 0. The maximum Gasteiger partial charge on any atom is 0.266 e. The summed E-state index contributed by atoms with van der Waals surface area (Å²) in [6, 6.07) is 16.8. The first-order chi connectivity index (χ1) is 16.1. The van der Waals surface area contributed by atoms with Crippen molar-refractivity contribution in [1.82, 2.24) is 15.1 Å². The van der Waals surface area contributed by atoms with E-state index < -0.39 is 0 Å². The van der Waals surface area contributed by atoms with E-state index in [0.29, 0.717) is 34.2 Å². The van der Waals surface area contributed by atoms with Crippen molar-refractivity contribution in [1.29, 1.82) is 0 Å². The van der Waals surface area contributed by atoms with Crippen molar-refractivity contribution in [2.75, 3.05) is 10.2 Å². The van der Waals surface area contributed by atoms with Crippen molar-refractivity contribution in [2.24, 2.45) is 0 Å². The van der Waals surface area contributed by atoms with Gasteiger partial charge in [-0.05, 0) is 42.5 Å². The molecular weight excluding hydrogens is 422 g/mol. The molecule has 0 saturated carbocycles. The van der Waals surface area contributed by atoms with Crippen molar-refractivity contribution >= 4 is 29.1 Å². The van der Waals surface area contributed by atoms with Crippen LogP contribution in [0.4, 0.5) is 11.4 Å². The highest BCUT2D eigenvalue weighted by Crippen LogP contribution is 2.29. The van der Waals surface area contributed by atoms with Gasteiger partial charge in [0.2, 0.25) is 17.6 Å². The number of carbonyl (C=O) groups excluding carboxylic acids is 3. The number of hydrogen-bond donors (Lipinski definition) is 1. The molecule has 4 aromatic rings. The Morgan fingerprint density at radius 2 is 1.67 bits per heavy atom. The largest absolute Gasteiger partial charge is 0.339 e. The number of benzene rings is 2. The zero-order chi connectivity index (χ0) is 22.8. The quantitative estimate of drug-likeness (QED) is 0.457. The zero-order valence-corrected chi connectivity index (χ0v) is 17.3. The number of fused-ring (bicyclic) bond motifs is 1. The Bertz CT molecular complexity index is 1330. The molecule has 3 heterocycles. The molecule has 1 aliphatic rings. The molecule has 0 saturated heterocycles. The number of carbonyl (C=O) groups is 3. The molecule has 1 N–H and O–H groups in total. The summed E-state index contributed by atoms with van der Waals surface area (Å²) in [4.78, 5) is 47.2. The minimum absolute atomic E-state index is 0.120. The van der Waals surface area contributed by atoms with Crippen molar-refractivity contribution in [3.8, 4) is 11.4 Å². The lowest BCUT2D eigenvalue weighted by molar-refractivity contribution is -0.116. The van der Waals surface area contributed by atoms with Gasteiger partial charge in [0.15, 0.2) is 0 Å². The van der Waals surface area contributed by atoms with E-state index in [-0.39, 0.29) is 30.6 Å². The van der Waals surface area contributed by atoms with Crippen LogP contribution in [0.15, 0.2) is 77.6 Å².